The number of hydrogen-bond acceptors (Lipinski definition) is 5. The zero-order chi connectivity index (χ0) is 31.8. The third kappa shape index (κ3) is 35.3. The van der Waals surface area contributed by atoms with Crippen molar-refractivity contribution >= 4 is 11.9 Å². The summed E-state index contributed by atoms with van der Waals surface area (Å²) in [7, 11) is 0. The highest BCUT2D eigenvalue weighted by atomic mass is 16.6. The lowest BCUT2D eigenvalue weighted by atomic mass is 10.0. The number of ether oxygens (including phenoxy) is 2. The van der Waals surface area contributed by atoms with Crippen molar-refractivity contribution in [3.8, 4) is 0 Å². The van der Waals surface area contributed by atoms with Crippen LogP contribution in [0.1, 0.15) is 201 Å². The molecule has 0 heterocycles. The highest BCUT2D eigenvalue weighted by molar-refractivity contribution is 5.69. The summed E-state index contributed by atoms with van der Waals surface area (Å²) in [6, 6.07) is 0. The van der Waals surface area contributed by atoms with Gasteiger partial charge >= 0.3 is 11.9 Å². The molecule has 0 fully saturated rings. The number of hydrogen-bond donors (Lipinski definition) is 1. The first-order chi connectivity index (χ1) is 20.8. The Morgan fingerprint density at radius 2 is 0.651 bits per heavy atom. The molecule has 0 aliphatic heterocycles. The van der Waals surface area contributed by atoms with Gasteiger partial charge in [-0.15, -0.1) is 0 Å². The van der Waals surface area contributed by atoms with Gasteiger partial charge in [-0.25, -0.2) is 0 Å². The van der Waals surface area contributed by atoms with Crippen LogP contribution in [0.2, 0.25) is 0 Å². The second kappa shape index (κ2) is 32.3. The predicted octanol–water partition coefficient (Wildman–Crippen LogP) is 11.3. The van der Waals surface area contributed by atoms with Crippen LogP contribution in [-0.4, -0.2) is 36.4 Å². The summed E-state index contributed by atoms with van der Waals surface area (Å²) in [5.74, 6) is 1.12. The Labute approximate surface area is 268 Å². The van der Waals surface area contributed by atoms with Crippen molar-refractivity contribution in [2.75, 3.05) is 13.2 Å². The van der Waals surface area contributed by atoms with Crippen molar-refractivity contribution in [2.45, 2.75) is 207 Å². The topological polar surface area (TPSA) is 72.8 Å². The largest absolute Gasteiger partial charge is 0.463 e. The van der Waals surface area contributed by atoms with Gasteiger partial charge in [0.05, 0.1) is 0 Å². The molecule has 0 aromatic heterocycles. The van der Waals surface area contributed by atoms with E-state index in [4.69, 9.17) is 9.47 Å². The first-order valence-electron chi connectivity index (χ1n) is 18.8. The van der Waals surface area contributed by atoms with Crippen molar-refractivity contribution in [1.29, 1.82) is 0 Å². The number of carbonyl (C=O) groups excluding carboxylic acids is 2. The van der Waals surface area contributed by atoms with Gasteiger partial charge in [0.25, 0.3) is 0 Å². The molecule has 0 rings (SSSR count). The quantitative estimate of drug-likeness (QED) is 0.0591. The fraction of sp³-hybridized carbons (Fsp3) is 0.947. The Bertz CT molecular complexity index is 603. The fourth-order valence-corrected chi connectivity index (χ4v) is 5.57. The van der Waals surface area contributed by atoms with E-state index in [1.807, 2.05) is 0 Å². The minimum absolute atomic E-state index is 0.109. The first-order valence-corrected chi connectivity index (χ1v) is 18.8. The molecule has 256 valence electrons. The molecule has 0 bridgehead atoms. The van der Waals surface area contributed by atoms with Crippen molar-refractivity contribution in [2.24, 2.45) is 11.8 Å². The van der Waals surface area contributed by atoms with Crippen LogP contribution in [0.5, 0.6) is 0 Å². The molecular weight excluding hydrogens is 536 g/mol. The van der Waals surface area contributed by atoms with E-state index in [0.717, 1.165) is 43.9 Å². The van der Waals surface area contributed by atoms with E-state index in [2.05, 4.69) is 27.7 Å². The Morgan fingerprint density at radius 3 is 0.907 bits per heavy atom. The molecule has 5 heteroatoms. The lowest BCUT2D eigenvalue weighted by Crippen LogP contribution is -2.25. The van der Waals surface area contributed by atoms with Gasteiger partial charge in [0, 0.05) is 12.8 Å². The van der Waals surface area contributed by atoms with Gasteiger partial charge < -0.3 is 14.6 Å². The number of aliphatic hydroxyl groups is 1. The van der Waals surface area contributed by atoms with E-state index in [1.54, 1.807) is 0 Å². The van der Waals surface area contributed by atoms with Gasteiger partial charge in [-0.1, -0.05) is 175 Å². The Hall–Kier alpha value is -1.10. The monoisotopic (exact) mass is 611 g/mol. The van der Waals surface area contributed by atoms with E-state index in [-0.39, 0.29) is 25.2 Å². The van der Waals surface area contributed by atoms with Crippen LogP contribution < -0.4 is 0 Å². The minimum atomic E-state index is -0.955. The summed E-state index contributed by atoms with van der Waals surface area (Å²) in [6.45, 7) is 8.99. The van der Waals surface area contributed by atoms with Crippen LogP contribution in [-0.2, 0) is 19.1 Å². The van der Waals surface area contributed by atoms with E-state index in [1.165, 1.54) is 128 Å². The smallest absolute Gasteiger partial charge is 0.305 e. The van der Waals surface area contributed by atoms with Gasteiger partial charge in [0.1, 0.15) is 19.3 Å². The van der Waals surface area contributed by atoms with E-state index in [0.29, 0.717) is 12.8 Å². The molecule has 0 aliphatic rings. The van der Waals surface area contributed by atoms with Gasteiger partial charge in [0.15, 0.2) is 0 Å². The molecule has 0 aromatic carbocycles. The first kappa shape index (κ1) is 41.9. The molecular formula is C38H74O5. The second-order valence-corrected chi connectivity index (χ2v) is 14.0. The maximum Gasteiger partial charge on any atom is 0.305 e. The predicted molar refractivity (Wildman–Crippen MR) is 182 cm³/mol. The van der Waals surface area contributed by atoms with Gasteiger partial charge in [-0.2, -0.15) is 0 Å². The van der Waals surface area contributed by atoms with E-state index < -0.39 is 6.10 Å². The third-order valence-electron chi connectivity index (χ3n) is 8.45. The van der Waals surface area contributed by atoms with Crippen LogP contribution >= 0.6 is 0 Å². The summed E-state index contributed by atoms with van der Waals surface area (Å²) >= 11 is 0. The zero-order valence-electron chi connectivity index (χ0n) is 29.3. The Balaban J connectivity index is 3.39. The molecule has 0 unspecified atom stereocenters. The van der Waals surface area contributed by atoms with Crippen LogP contribution in [0.25, 0.3) is 0 Å². The summed E-state index contributed by atoms with van der Waals surface area (Å²) in [4.78, 5) is 23.9. The molecule has 1 N–H and O–H groups in total. The van der Waals surface area contributed by atoms with Crippen LogP contribution in [0, 0.1) is 11.8 Å². The summed E-state index contributed by atoms with van der Waals surface area (Å²) in [5.41, 5.74) is 0. The molecule has 0 radical (unpaired) electrons. The molecule has 0 aliphatic carbocycles. The molecule has 0 spiro atoms. The maximum atomic E-state index is 11.9. The maximum absolute atomic E-state index is 11.9. The molecule has 0 amide bonds. The lowest BCUT2D eigenvalue weighted by molar-refractivity contribution is -0.152. The summed E-state index contributed by atoms with van der Waals surface area (Å²) in [5, 5.41) is 9.99. The number of carbonyl (C=O) groups is 2. The minimum Gasteiger partial charge on any atom is -0.463 e. The normalized spacial score (nSPS) is 12.3. The van der Waals surface area contributed by atoms with Gasteiger partial charge in [-0.05, 0) is 24.7 Å². The van der Waals surface area contributed by atoms with Crippen LogP contribution in [0.3, 0.4) is 0 Å². The Kier molecular flexibility index (Phi) is 31.5. The molecule has 0 saturated carbocycles. The molecule has 43 heavy (non-hydrogen) atoms. The lowest BCUT2D eigenvalue weighted by Gasteiger charge is -2.12. The highest BCUT2D eigenvalue weighted by Gasteiger charge is 2.12. The molecule has 0 aromatic rings. The van der Waals surface area contributed by atoms with Crippen LogP contribution in [0.4, 0.5) is 0 Å². The third-order valence-corrected chi connectivity index (χ3v) is 8.45. The standard InChI is InChI=1S/C38H74O5/c1-34(2)28-24-20-16-12-9-7-5-6-8-10-14-18-22-26-30-37(40)42-32-36(39)33-43-38(41)31-27-23-19-15-11-13-17-21-25-29-35(3)4/h34-36,39H,5-33H2,1-4H3/t36-/m0/s1. The molecule has 5 nitrogen and oxygen atoms in total. The summed E-state index contributed by atoms with van der Waals surface area (Å²) in [6.07, 6.45) is 31.6. The number of unbranched alkanes of at least 4 members (excludes halogenated alkanes) is 21. The van der Waals surface area contributed by atoms with Crippen molar-refractivity contribution in [3.63, 3.8) is 0 Å². The Morgan fingerprint density at radius 1 is 0.419 bits per heavy atom. The van der Waals surface area contributed by atoms with E-state index >= 15 is 0 Å². The number of esters is 2. The molecule has 0 saturated heterocycles. The SMILES string of the molecule is CC(C)CCCCCCCCCCCCCCCCC(=O)OC[C@H](O)COC(=O)CCCCCCCCCCCC(C)C. The van der Waals surface area contributed by atoms with Crippen LogP contribution in [0.15, 0.2) is 0 Å². The van der Waals surface area contributed by atoms with Gasteiger partial charge in [0.2, 0.25) is 0 Å². The highest BCUT2D eigenvalue weighted by Crippen LogP contribution is 2.16. The summed E-state index contributed by atoms with van der Waals surface area (Å²) < 4.78 is 10.3. The second-order valence-electron chi connectivity index (χ2n) is 14.0. The van der Waals surface area contributed by atoms with Crippen molar-refractivity contribution in [1.82, 2.24) is 0 Å². The van der Waals surface area contributed by atoms with Crippen molar-refractivity contribution in [3.05, 3.63) is 0 Å². The number of aliphatic hydroxyl groups excluding tert-OH is 1. The van der Waals surface area contributed by atoms with Gasteiger partial charge in [-0.3, -0.25) is 9.59 Å². The van der Waals surface area contributed by atoms with E-state index in [9.17, 15) is 14.7 Å². The average Bonchev–Trinajstić information content (AvgIpc) is 2.97. The van der Waals surface area contributed by atoms with Crippen molar-refractivity contribution < 1.29 is 24.2 Å². The fourth-order valence-electron chi connectivity index (χ4n) is 5.57. The molecule has 1 atom stereocenters. The average molecular weight is 611 g/mol. The zero-order valence-corrected chi connectivity index (χ0v) is 29.3. The number of rotatable bonds is 33.